The lowest BCUT2D eigenvalue weighted by Crippen LogP contribution is -2.42. The lowest BCUT2D eigenvalue weighted by Gasteiger charge is -2.24. The van der Waals surface area contributed by atoms with Crippen LogP contribution in [0.2, 0.25) is 6.04 Å². The zero-order chi connectivity index (χ0) is 12.7. The van der Waals surface area contributed by atoms with Gasteiger partial charge in [0.15, 0.2) is 0 Å². The first kappa shape index (κ1) is 15.8. The first-order valence-corrected chi connectivity index (χ1v) is 6.62. The lowest BCUT2D eigenvalue weighted by molar-refractivity contribution is -0.173. The Hall–Kier alpha value is -0.153. The van der Waals surface area contributed by atoms with Gasteiger partial charge in [-0.2, -0.15) is 13.2 Å². The highest BCUT2D eigenvalue weighted by molar-refractivity contribution is 6.60. The zero-order valence-electron chi connectivity index (χ0n) is 9.60. The van der Waals surface area contributed by atoms with Crippen molar-refractivity contribution in [3.8, 4) is 0 Å². The second kappa shape index (κ2) is 7.23. The van der Waals surface area contributed by atoms with Crippen LogP contribution < -0.4 is 0 Å². The number of ether oxygens (including phenoxy) is 1. The molecule has 0 spiro atoms. The standard InChI is InChI=1S/C8H17F3O4Si/c1-12-16(13-2,14-3)6-4-5-15-7-8(9,10)11/h4-7H2,1-3H3. The number of halogens is 3. The fraction of sp³-hybridized carbons (Fsp3) is 1.00. The van der Waals surface area contributed by atoms with Gasteiger partial charge in [-0.15, -0.1) is 0 Å². The van der Waals surface area contributed by atoms with E-state index < -0.39 is 21.6 Å². The average molecular weight is 262 g/mol. The van der Waals surface area contributed by atoms with Crippen molar-refractivity contribution in [3.05, 3.63) is 0 Å². The third-order valence-electron chi connectivity index (χ3n) is 1.97. The second-order valence-corrected chi connectivity index (χ2v) is 6.16. The number of hydrogen-bond acceptors (Lipinski definition) is 4. The molecule has 0 bridgehead atoms. The number of alkyl halides is 3. The molecule has 4 nitrogen and oxygen atoms in total. The SMILES string of the molecule is CO[Si](CCCOCC(F)(F)F)(OC)OC. The molecule has 0 aliphatic heterocycles. The Morgan fingerprint density at radius 3 is 1.88 bits per heavy atom. The molecule has 0 saturated heterocycles. The molecule has 0 atom stereocenters. The van der Waals surface area contributed by atoms with Crippen molar-refractivity contribution in [3.63, 3.8) is 0 Å². The summed E-state index contributed by atoms with van der Waals surface area (Å²) in [5.74, 6) is 0. The van der Waals surface area contributed by atoms with E-state index in [1.165, 1.54) is 21.3 Å². The molecule has 0 aromatic rings. The molecule has 16 heavy (non-hydrogen) atoms. The summed E-state index contributed by atoms with van der Waals surface area (Å²) < 4.78 is 54.9. The summed E-state index contributed by atoms with van der Waals surface area (Å²) in [4.78, 5) is 0. The molecule has 0 fully saturated rings. The van der Waals surface area contributed by atoms with Crippen molar-refractivity contribution in [2.75, 3.05) is 34.5 Å². The van der Waals surface area contributed by atoms with Crippen molar-refractivity contribution in [1.29, 1.82) is 0 Å². The summed E-state index contributed by atoms with van der Waals surface area (Å²) in [5, 5.41) is 0. The van der Waals surface area contributed by atoms with Crippen molar-refractivity contribution in [2.24, 2.45) is 0 Å². The molecule has 0 N–H and O–H groups in total. The second-order valence-electron chi connectivity index (χ2n) is 3.07. The van der Waals surface area contributed by atoms with Crippen LogP contribution in [0.4, 0.5) is 13.2 Å². The van der Waals surface area contributed by atoms with Gasteiger partial charge in [0, 0.05) is 34.0 Å². The molecule has 0 aliphatic rings. The highest BCUT2D eigenvalue weighted by Crippen LogP contribution is 2.17. The van der Waals surface area contributed by atoms with Gasteiger partial charge in [-0.25, -0.2) is 0 Å². The van der Waals surface area contributed by atoms with Gasteiger partial charge in [-0.05, 0) is 6.42 Å². The highest BCUT2D eigenvalue weighted by Gasteiger charge is 2.37. The summed E-state index contributed by atoms with van der Waals surface area (Å²) >= 11 is 0. The first-order chi connectivity index (χ1) is 7.39. The monoisotopic (exact) mass is 262 g/mol. The van der Waals surface area contributed by atoms with Crippen LogP contribution in [-0.2, 0) is 18.0 Å². The van der Waals surface area contributed by atoms with E-state index in [-0.39, 0.29) is 6.61 Å². The molecule has 0 unspecified atom stereocenters. The maximum absolute atomic E-state index is 11.7. The lowest BCUT2D eigenvalue weighted by atomic mass is 10.5. The van der Waals surface area contributed by atoms with Gasteiger partial charge < -0.3 is 18.0 Å². The molecule has 0 aromatic carbocycles. The maximum atomic E-state index is 11.7. The van der Waals surface area contributed by atoms with E-state index in [0.717, 1.165) is 0 Å². The van der Waals surface area contributed by atoms with Crippen LogP contribution in [0.15, 0.2) is 0 Å². The summed E-state index contributed by atoms with van der Waals surface area (Å²) in [6.45, 7) is -1.22. The van der Waals surface area contributed by atoms with Crippen LogP contribution in [0.5, 0.6) is 0 Å². The molecule has 0 aliphatic carbocycles. The smallest absolute Gasteiger partial charge is 0.377 e. The predicted molar refractivity (Wildman–Crippen MR) is 53.1 cm³/mol. The summed E-state index contributed by atoms with van der Waals surface area (Å²) in [7, 11) is 1.69. The Morgan fingerprint density at radius 2 is 1.50 bits per heavy atom. The van der Waals surface area contributed by atoms with Crippen LogP contribution in [0.3, 0.4) is 0 Å². The Bertz CT molecular complexity index is 176. The predicted octanol–water partition coefficient (Wildman–Crippen LogP) is 1.83. The summed E-state index contributed by atoms with van der Waals surface area (Å²) in [6, 6.07) is 0.425. The van der Waals surface area contributed by atoms with Crippen molar-refractivity contribution in [2.45, 2.75) is 18.6 Å². The van der Waals surface area contributed by atoms with Gasteiger partial charge in [-0.1, -0.05) is 0 Å². The molecule has 0 heterocycles. The van der Waals surface area contributed by atoms with E-state index in [0.29, 0.717) is 12.5 Å². The minimum atomic E-state index is -4.28. The third kappa shape index (κ3) is 6.43. The molecule has 0 radical (unpaired) electrons. The minimum absolute atomic E-state index is 0.00431. The van der Waals surface area contributed by atoms with Crippen LogP contribution in [0.25, 0.3) is 0 Å². The molecular weight excluding hydrogens is 245 g/mol. The topological polar surface area (TPSA) is 36.9 Å². The van der Waals surface area contributed by atoms with E-state index in [4.69, 9.17) is 13.3 Å². The van der Waals surface area contributed by atoms with Gasteiger partial charge in [0.05, 0.1) is 0 Å². The third-order valence-corrected chi connectivity index (χ3v) is 4.80. The fourth-order valence-electron chi connectivity index (χ4n) is 1.13. The Morgan fingerprint density at radius 1 is 1.00 bits per heavy atom. The normalized spacial score (nSPS) is 13.1. The summed E-state index contributed by atoms with van der Waals surface area (Å²) in [5.41, 5.74) is 0. The molecule has 0 saturated carbocycles. The largest absolute Gasteiger partial charge is 0.500 e. The van der Waals surface area contributed by atoms with E-state index in [9.17, 15) is 13.2 Å². The molecule has 8 heteroatoms. The van der Waals surface area contributed by atoms with Gasteiger partial charge in [0.2, 0.25) is 0 Å². The number of rotatable bonds is 8. The van der Waals surface area contributed by atoms with E-state index in [2.05, 4.69) is 4.74 Å². The van der Waals surface area contributed by atoms with Gasteiger partial charge in [-0.3, -0.25) is 0 Å². The highest BCUT2D eigenvalue weighted by atomic mass is 28.4. The van der Waals surface area contributed by atoms with Crippen molar-refractivity contribution >= 4 is 8.80 Å². The van der Waals surface area contributed by atoms with Crippen LogP contribution in [0, 0.1) is 0 Å². The van der Waals surface area contributed by atoms with E-state index in [1.807, 2.05) is 0 Å². The number of hydrogen-bond donors (Lipinski definition) is 0. The Kier molecular flexibility index (Phi) is 7.16. The Labute approximate surface area is 94.0 Å². The van der Waals surface area contributed by atoms with Crippen LogP contribution in [-0.4, -0.2) is 49.5 Å². The quantitative estimate of drug-likeness (QED) is 0.494. The average Bonchev–Trinajstić information content (AvgIpc) is 2.23. The van der Waals surface area contributed by atoms with Gasteiger partial charge in [0.1, 0.15) is 6.61 Å². The maximum Gasteiger partial charge on any atom is 0.500 e. The molecule has 98 valence electrons. The van der Waals surface area contributed by atoms with Gasteiger partial charge in [0.25, 0.3) is 0 Å². The van der Waals surface area contributed by atoms with Crippen LogP contribution in [0.1, 0.15) is 6.42 Å². The van der Waals surface area contributed by atoms with Crippen molar-refractivity contribution in [1.82, 2.24) is 0 Å². The Balaban J connectivity index is 3.71. The van der Waals surface area contributed by atoms with Gasteiger partial charge >= 0.3 is 15.0 Å². The molecule has 0 rings (SSSR count). The first-order valence-electron chi connectivity index (χ1n) is 4.69. The molecular formula is C8H17F3O4Si. The van der Waals surface area contributed by atoms with Crippen molar-refractivity contribution < 1.29 is 31.2 Å². The van der Waals surface area contributed by atoms with E-state index in [1.54, 1.807) is 0 Å². The zero-order valence-corrected chi connectivity index (χ0v) is 10.6. The molecule has 0 aromatic heterocycles. The molecule has 0 amide bonds. The van der Waals surface area contributed by atoms with E-state index >= 15 is 0 Å². The summed E-state index contributed by atoms with van der Waals surface area (Å²) in [6.07, 6.45) is -3.88. The fourth-order valence-corrected chi connectivity index (χ4v) is 2.82. The van der Waals surface area contributed by atoms with Crippen LogP contribution >= 0.6 is 0 Å². The minimum Gasteiger partial charge on any atom is -0.377 e.